The first-order chi connectivity index (χ1) is 12.2. The first-order valence-corrected chi connectivity index (χ1v) is 7.91. The van der Waals surface area contributed by atoms with Crippen molar-refractivity contribution < 1.29 is 8.94 Å². The molecule has 2 aromatic carbocycles. The van der Waals surface area contributed by atoms with Gasteiger partial charge in [0.1, 0.15) is 6.26 Å². The number of aromatic nitrogens is 3. The molecule has 0 N–H and O–H groups in total. The van der Waals surface area contributed by atoms with Crippen LogP contribution >= 0.6 is 11.6 Å². The minimum atomic E-state index is -0.550. The van der Waals surface area contributed by atoms with Crippen LogP contribution in [-0.2, 0) is 6.54 Å². The van der Waals surface area contributed by atoms with Crippen molar-refractivity contribution in [3.05, 3.63) is 82.1 Å². The lowest BCUT2D eigenvalue weighted by molar-refractivity contribution is 0.378. The number of oxazole rings is 1. The molecule has 0 radical (unpaired) electrons. The highest BCUT2D eigenvalue weighted by Gasteiger charge is 2.15. The van der Waals surface area contributed by atoms with E-state index in [1.54, 1.807) is 12.1 Å². The molecule has 0 saturated carbocycles. The summed E-state index contributed by atoms with van der Waals surface area (Å²) in [6.45, 7) is 0.191. The van der Waals surface area contributed by atoms with Crippen molar-refractivity contribution in [1.82, 2.24) is 14.7 Å². The van der Waals surface area contributed by atoms with Gasteiger partial charge in [-0.25, -0.2) is 9.78 Å². The monoisotopic (exact) mass is 353 g/mol. The van der Waals surface area contributed by atoms with Crippen LogP contribution in [0.5, 0.6) is 0 Å². The highest BCUT2D eigenvalue weighted by atomic mass is 35.5. The van der Waals surface area contributed by atoms with Crippen LogP contribution in [0.15, 0.2) is 74.6 Å². The van der Waals surface area contributed by atoms with Gasteiger partial charge in [-0.15, -0.1) is 0 Å². The van der Waals surface area contributed by atoms with E-state index in [0.717, 1.165) is 11.1 Å². The quantitative estimate of drug-likeness (QED) is 0.557. The van der Waals surface area contributed by atoms with E-state index < -0.39 is 5.76 Å². The lowest BCUT2D eigenvalue weighted by Crippen LogP contribution is -2.16. The number of hydrogen-bond donors (Lipinski definition) is 0. The Kier molecular flexibility index (Phi) is 3.95. The van der Waals surface area contributed by atoms with Gasteiger partial charge in [0.15, 0.2) is 5.82 Å². The molecule has 4 aromatic rings. The minimum absolute atomic E-state index is 0.191. The summed E-state index contributed by atoms with van der Waals surface area (Å²) in [5.74, 6) is 0.326. The molecule has 6 nitrogen and oxygen atoms in total. The van der Waals surface area contributed by atoms with Gasteiger partial charge in [-0.2, -0.15) is 0 Å². The molecule has 124 valence electrons. The van der Waals surface area contributed by atoms with Gasteiger partial charge in [0.25, 0.3) is 0 Å². The summed E-state index contributed by atoms with van der Waals surface area (Å²) < 4.78 is 11.7. The molecule has 0 atom stereocenters. The van der Waals surface area contributed by atoms with Crippen LogP contribution in [0.4, 0.5) is 0 Å². The molecular weight excluding hydrogens is 342 g/mol. The predicted octanol–water partition coefficient (Wildman–Crippen LogP) is 3.86. The molecule has 0 fully saturated rings. The highest BCUT2D eigenvalue weighted by Crippen LogP contribution is 2.23. The summed E-state index contributed by atoms with van der Waals surface area (Å²) in [5, 5.41) is 4.45. The van der Waals surface area contributed by atoms with Gasteiger partial charge in [0, 0.05) is 16.1 Å². The summed E-state index contributed by atoms with van der Waals surface area (Å²) in [5.41, 5.74) is 2.13. The van der Waals surface area contributed by atoms with E-state index in [2.05, 4.69) is 10.1 Å². The number of benzene rings is 2. The van der Waals surface area contributed by atoms with Crippen molar-refractivity contribution in [2.24, 2.45) is 0 Å². The standard InChI is InChI=1S/C18H12ClN3O3/c19-14-8-4-7-13(9-14)17-20-15(11-24-17)10-22-16(21-25-18(22)23)12-5-2-1-3-6-12/h1-9,11H,10H2. The van der Waals surface area contributed by atoms with Gasteiger partial charge in [-0.3, -0.25) is 9.09 Å². The Morgan fingerprint density at radius 3 is 2.64 bits per heavy atom. The van der Waals surface area contributed by atoms with Crippen molar-refractivity contribution in [2.75, 3.05) is 0 Å². The zero-order chi connectivity index (χ0) is 17.2. The first kappa shape index (κ1) is 15.4. The Balaban J connectivity index is 1.66. The third kappa shape index (κ3) is 3.12. The summed E-state index contributed by atoms with van der Waals surface area (Å²) in [6.07, 6.45) is 1.50. The van der Waals surface area contributed by atoms with Crippen LogP contribution in [0.1, 0.15) is 5.69 Å². The molecule has 0 amide bonds. The molecule has 2 aromatic heterocycles. The topological polar surface area (TPSA) is 74.1 Å². The predicted molar refractivity (Wildman–Crippen MR) is 92.3 cm³/mol. The molecule has 25 heavy (non-hydrogen) atoms. The third-order valence-corrected chi connectivity index (χ3v) is 3.90. The van der Waals surface area contributed by atoms with E-state index >= 15 is 0 Å². The van der Waals surface area contributed by atoms with Crippen LogP contribution in [0.2, 0.25) is 5.02 Å². The Labute approximate surface area is 147 Å². The lowest BCUT2D eigenvalue weighted by Gasteiger charge is -2.01. The van der Waals surface area contributed by atoms with Gasteiger partial charge >= 0.3 is 5.76 Å². The largest absolute Gasteiger partial charge is 0.444 e. The SMILES string of the molecule is O=c1onc(-c2ccccc2)n1Cc1coc(-c2cccc(Cl)c2)n1. The molecule has 0 saturated heterocycles. The van der Waals surface area contributed by atoms with Gasteiger partial charge in [-0.1, -0.05) is 53.2 Å². The number of hydrogen-bond acceptors (Lipinski definition) is 5. The fourth-order valence-corrected chi connectivity index (χ4v) is 2.69. The molecule has 0 aliphatic rings. The summed E-state index contributed by atoms with van der Waals surface area (Å²) in [6, 6.07) is 16.5. The average Bonchev–Trinajstić information content (AvgIpc) is 3.24. The molecule has 0 spiro atoms. The molecular formula is C18H12ClN3O3. The van der Waals surface area contributed by atoms with Crippen LogP contribution < -0.4 is 5.76 Å². The number of rotatable bonds is 4. The summed E-state index contributed by atoms with van der Waals surface area (Å²) >= 11 is 5.99. The van der Waals surface area contributed by atoms with E-state index in [4.69, 9.17) is 20.5 Å². The van der Waals surface area contributed by atoms with Gasteiger partial charge < -0.3 is 4.42 Å². The normalized spacial score (nSPS) is 10.9. The summed E-state index contributed by atoms with van der Waals surface area (Å²) in [7, 11) is 0. The molecule has 2 heterocycles. The zero-order valence-electron chi connectivity index (χ0n) is 12.9. The average molecular weight is 354 g/mol. The van der Waals surface area contributed by atoms with E-state index in [1.165, 1.54) is 10.8 Å². The van der Waals surface area contributed by atoms with Crippen LogP contribution in [0, 0.1) is 0 Å². The van der Waals surface area contributed by atoms with Crippen molar-refractivity contribution >= 4 is 11.6 Å². The smallest absolute Gasteiger partial charge is 0.442 e. The van der Waals surface area contributed by atoms with Crippen LogP contribution in [0.3, 0.4) is 0 Å². The van der Waals surface area contributed by atoms with Gasteiger partial charge in [0.05, 0.1) is 12.2 Å². The van der Waals surface area contributed by atoms with Gasteiger partial charge in [-0.05, 0) is 18.2 Å². The maximum absolute atomic E-state index is 12.0. The Hall–Kier alpha value is -3.12. The number of halogens is 1. The second-order valence-electron chi connectivity index (χ2n) is 5.38. The van der Waals surface area contributed by atoms with Crippen molar-refractivity contribution in [3.63, 3.8) is 0 Å². The molecule has 0 unspecified atom stereocenters. The van der Waals surface area contributed by atoms with Crippen molar-refractivity contribution in [1.29, 1.82) is 0 Å². The molecule has 7 heteroatoms. The van der Waals surface area contributed by atoms with E-state index in [9.17, 15) is 4.79 Å². The van der Waals surface area contributed by atoms with Crippen molar-refractivity contribution in [2.45, 2.75) is 6.54 Å². The Morgan fingerprint density at radius 2 is 1.84 bits per heavy atom. The fraction of sp³-hybridized carbons (Fsp3) is 0.0556. The fourth-order valence-electron chi connectivity index (χ4n) is 2.50. The maximum Gasteiger partial charge on any atom is 0.442 e. The Morgan fingerprint density at radius 1 is 1.04 bits per heavy atom. The zero-order valence-corrected chi connectivity index (χ0v) is 13.7. The first-order valence-electron chi connectivity index (χ1n) is 7.53. The second-order valence-corrected chi connectivity index (χ2v) is 5.82. The highest BCUT2D eigenvalue weighted by molar-refractivity contribution is 6.30. The van der Waals surface area contributed by atoms with Crippen LogP contribution in [0.25, 0.3) is 22.8 Å². The van der Waals surface area contributed by atoms with Gasteiger partial charge in [0.2, 0.25) is 5.89 Å². The Bertz CT molecular complexity index is 1070. The molecule has 0 bridgehead atoms. The summed E-state index contributed by atoms with van der Waals surface area (Å²) in [4.78, 5) is 16.4. The van der Waals surface area contributed by atoms with E-state index in [1.807, 2.05) is 42.5 Å². The minimum Gasteiger partial charge on any atom is -0.444 e. The lowest BCUT2D eigenvalue weighted by atomic mass is 10.2. The van der Waals surface area contributed by atoms with E-state index in [0.29, 0.717) is 22.4 Å². The van der Waals surface area contributed by atoms with Crippen molar-refractivity contribution in [3.8, 4) is 22.8 Å². The molecule has 0 aliphatic carbocycles. The third-order valence-electron chi connectivity index (χ3n) is 3.66. The second kappa shape index (κ2) is 6.41. The number of nitrogens with zero attached hydrogens (tertiary/aromatic N) is 3. The maximum atomic E-state index is 12.0. The van der Waals surface area contributed by atoms with E-state index in [-0.39, 0.29) is 6.54 Å². The van der Waals surface area contributed by atoms with Crippen LogP contribution in [-0.4, -0.2) is 14.7 Å². The molecule has 4 rings (SSSR count). The molecule has 0 aliphatic heterocycles.